The maximum absolute atomic E-state index is 10.3. The smallest absolute Gasteiger partial charge is 0.108 e. The first kappa shape index (κ1) is 12.7. The third-order valence-corrected chi connectivity index (χ3v) is 3.49. The van der Waals surface area contributed by atoms with E-state index in [2.05, 4.69) is 33.0 Å². The molecule has 0 bridgehead atoms. The van der Waals surface area contributed by atoms with Gasteiger partial charge in [0.25, 0.3) is 0 Å². The van der Waals surface area contributed by atoms with Crippen LogP contribution in [-0.2, 0) is 5.60 Å². The minimum atomic E-state index is -0.772. The number of aryl methyl sites for hydroxylation is 1. The van der Waals surface area contributed by atoms with E-state index < -0.39 is 5.60 Å². The largest absolute Gasteiger partial charge is 0.383 e. The van der Waals surface area contributed by atoms with Crippen LogP contribution in [0.3, 0.4) is 0 Å². The standard InChI is InChI=1S/C12H21NOS/c1-9-6-7-10(15-9)12(5,14)8-13-11(2,3)4/h6-7,13-14H,8H2,1-5H3. The molecule has 0 radical (unpaired) electrons. The fourth-order valence-electron chi connectivity index (χ4n) is 1.25. The minimum Gasteiger partial charge on any atom is -0.383 e. The number of β-amino-alcohol motifs (C(OH)–C–C–N with tert-alkyl or cyclic N) is 1. The van der Waals surface area contributed by atoms with Crippen molar-refractivity contribution in [1.82, 2.24) is 5.32 Å². The van der Waals surface area contributed by atoms with E-state index in [1.54, 1.807) is 11.3 Å². The van der Waals surface area contributed by atoms with Gasteiger partial charge in [-0.1, -0.05) is 0 Å². The third-order valence-electron chi connectivity index (χ3n) is 2.23. The van der Waals surface area contributed by atoms with Crippen LogP contribution in [0.25, 0.3) is 0 Å². The van der Waals surface area contributed by atoms with Crippen LogP contribution in [0.4, 0.5) is 0 Å². The van der Waals surface area contributed by atoms with Gasteiger partial charge in [0.1, 0.15) is 5.60 Å². The van der Waals surface area contributed by atoms with Gasteiger partial charge in [-0.15, -0.1) is 11.3 Å². The van der Waals surface area contributed by atoms with Crippen molar-refractivity contribution in [2.24, 2.45) is 0 Å². The molecule has 15 heavy (non-hydrogen) atoms. The molecule has 3 heteroatoms. The lowest BCUT2D eigenvalue weighted by Crippen LogP contribution is -2.44. The van der Waals surface area contributed by atoms with Gasteiger partial charge >= 0.3 is 0 Å². The zero-order valence-corrected chi connectivity index (χ0v) is 11.0. The average molecular weight is 227 g/mol. The normalized spacial score (nSPS) is 16.4. The van der Waals surface area contributed by atoms with Crippen LogP contribution in [0.5, 0.6) is 0 Å². The van der Waals surface area contributed by atoms with Crippen molar-refractivity contribution in [2.45, 2.75) is 45.8 Å². The molecule has 0 amide bonds. The molecular formula is C12H21NOS. The van der Waals surface area contributed by atoms with E-state index in [4.69, 9.17) is 0 Å². The van der Waals surface area contributed by atoms with Crippen molar-refractivity contribution in [3.63, 3.8) is 0 Å². The van der Waals surface area contributed by atoms with E-state index in [1.807, 2.05) is 19.1 Å². The second kappa shape index (κ2) is 4.24. The molecule has 0 aliphatic carbocycles. The van der Waals surface area contributed by atoms with Crippen molar-refractivity contribution >= 4 is 11.3 Å². The topological polar surface area (TPSA) is 32.3 Å². The van der Waals surface area contributed by atoms with E-state index in [-0.39, 0.29) is 5.54 Å². The van der Waals surface area contributed by atoms with Crippen molar-refractivity contribution in [3.8, 4) is 0 Å². The molecule has 0 aliphatic heterocycles. The molecule has 2 nitrogen and oxygen atoms in total. The van der Waals surface area contributed by atoms with Gasteiger partial charge in [-0.25, -0.2) is 0 Å². The van der Waals surface area contributed by atoms with Gasteiger partial charge in [0.15, 0.2) is 0 Å². The van der Waals surface area contributed by atoms with Gasteiger partial charge in [0.05, 0.1) is 0 Å². The van der Waals surface area contributed by atoms with E-state index >= 15 is 0 Å². The Morgan fingerprint density at radius 1 is 1.27 bits per heavy atom. The number of nitrogens with one attached hydrogen (secondary N) is 1. The van der Waals surface area contributed by atoms with Crippen LogP contribution in [0.15, 0.2) is 12.1 Å². The van der Waals surface area contributed by atoms with Crippen LogP contribution >= 0.6 is 11.3 Å². The Kier molecular flexibility index (Phi) is 3.59. The Morgan fingerprint density at radius 2 is 1.87 bits per heavy atom. The molecule has 1 heterocycles. The summed E-state index contributed by atoms with van der Waals surface area (Å²) in [4.78, 5) is 2.26. The first-order valence-corrected chi connectivity index (χ1v) is 6.07. The summed E-state index contributed by atoms with van der Waals surface area (Å²) in [7, 11) is 0. The van der Waals surface area contributed by atoms with Crippen LogP contribution in [-0.4, -0.2) is 17.2 Å². The Labute approximate surface area is 96.3 Å². The molecule has 0 spiro atoms. The summed E-state index contributed by atoms with van der Waals surface area (Å²) in [6.07, 6.45) is 0. The van der Waals surface area contributed by atoms with Gasteiger partial charge in [0.2, 0.25) is 0 Å². The van der Waals surface area contributed by atoms with Gasteiger partial charge in [-0.3, -0.25) is 0 Å². The molecular weight excluding hydrogens is 206 g/mol. The average Bonchev–Trinajstić information content (AvgIpc) is 2.48. The Morgan fingerprint density at radius 3 is 2.27 bits per heavy atom. The molecule has 0 aromatic carbocycles. The highest BCUT2D eigenvalue weighted by molar-refractivity contribution is 7.12. The molecule has 86 valence electrons. The lowest BCUT2D eigenvalue weighted by Gasteiger charge is -2.28. The summed E-state index contributed by atoms with van der Waals surface area (Å²) >= 11 is 1.66. The SMILES string of the molecule is Cc1ccc(C(C)(O)CNC(C)(C)C)s1. The fourth-order valence-corrected chi connectivity index (χ4v) is 2.16. The molecule has 0 saturated carbocycles. The molecule has 1 aromatic rings. The lowest BCUT2D eigenvalue weighted by molar-refractivity contribution is 0.0538. The first-order chi connectivity index (χ1) is 6.71. The summed E-state index contributed by atoms with van der Waals surface area (Å²) in [5, 5.41) is 13.6. The van der Waals surface area contributed by atoms with Gasteiger partial charge in [0, 0.05) is 21.8 Å². The Hall–Kier alpha value is -0.380. The fraction of sp³-hybridized carbons (Fsp3) is 0.667. The third kappa shape index (κ3) is 3.93. The zero-order valence-electron chi connectivity index (χ0n) is 10.2. The zero-order chi connectivity index (χ0) is 11.7. The lowest BCUT2D eigenvalue weighted by atomic mass is 10.0. The van der Waals surface area contributed by atoms with E-state index in [9.17, 15) is 5.11 Å². The maximum atomic E-state index is 10.3. The maximum Gasteiger partial charge on any atom is 0.108 e. The highest BCUT2D eigenvalue weighted by atomic mass is 32.1. The van der Waals surface area contributed by atoms with Crippen molar-refractivity contribution in [1.29, 1.82) is 0 Å². The van der Waals surface area contributed by atoms with Crippen LogP contribution in [0.2, 0.25) is 0 Å². The summed E-state index contributed by atoms with van der Waals surface area (Å²) < 4.78 is 0. The summed E-state index contributed by atoms with van der Waals surface area (Å²) in [5.74, 6) is 0. The van der Waals surface area contributed by atoms with Gasteiger partial charge in [-0.05, 0) is 46.8 Å². The molecule has 1 rings (SSSR count). The second-order valence-electron chi connectivity index (χ2n) is 5.29. The van der Waals surface area contributed by atoms with E-state index in [0.29, 0.717) is 6.54 Å². The van der Waals surface area contributed by atoms with Crippen molar-refractivity contribution < 1.29 is 5.11 Å². The molecule has 0 aliphatic rings. The van der Waals surface area contributed by atoms with Gasteiger partial charge in [-0.2, -0.15) is 0 Å². The number of thiophene rings is 1. The first-order valence-electron chi connectivity index (χ1n) is 5.25. The number of hydrogen-bond acceptors (Lipinski definition) is 3. The second-order valence-corrected chi connectivity index (χ2v) is 6.58. The molecule has 2 N–H and O–H groups in total. The number of rotatable bonds is 3. The van der Waals surface area contributed by atoms with Gasteiger partial charge < -0.3 is 10.4 Å². The summed E-state index contributed by atoms with van der Waals surface area (Å²) in [6, 6.07) is 4.05. The van der Waals surface area contributed by atoms with Crippen LogP contribution < -0.4 is 5.32 Å². The Bertz CT molecular complexity index is 323. The molecule has 0 saturated heterocycles. The van der Waals surface area contributed by atoms with Crippen molar-refractivity contribution in [2.75, 3.05) is 6.54 Å². The number of aliphatic hydroxyl groups is 1. The summed E-state index contributed by atoms with van der Waals surface area (Å²) in [5.41, 5.74) is -0.734. The van der Waals surface area contributed by atoms with Crippen molar-refractivity contribution in [3.05, 3.63) is 21.9 Å². The predicted molar refractivity (Wildman–Crippen MR) is 66.4 cm³/mol. The molecule has 1 aromatic heterocycles. The quantitative estimate of drug-likeness (QED) is 0.832. The Balaban J connectivity index is 2.67. The molecule has 1 atom stereocenters. The van der Waals surface area contributed by atoms with E-state index in [0.717, 1.165) is 4.88 Å². The molecule has 1 unspecified atom stereocenters. The van der Waals surface area contributed by atoms with Crippen LogP contribution in [0.1, 0.15) is 37.4 Å². The predicted octanol–water partition coefficient (Wildman–Crippen LogP) is 2.65. The number of hydrogen-bond donors (Lipinski definition) is 2. The highest BCUT2D eigenvalue weighted by Gasteiger charge is 2.26. The van der Waals surface area contributed by atoms with E-state index in [1.165, 1.54) is 4.88 Å². The summed E-state index contributed by atoms with van der Waals surface area (Å²) in [6.45, 7) is 10.8. The van der Waals surface area contributed by atoms with Crippen LogP contribution in [0, 0.1) is 6.92 Å². The minimum absolute atomic E-state index is 0.0380. The highest BCUT2D eigenvalue weighted by Crippen LogP contribution is 2.27. The monoisotopic (exact) mass is 227 g/mol. The molecule has 0 fully saturated rings.